The first-order valence-corrected chi connectivity index (χ1v) is 6.57. The van der Waals surface area contributed by atoms with E-state index in [-0.39, 0.29) is 0 Å². The minimum Gasteiger partial charge on any atom is -0.398 e. The van der Waals surface area contributed by atoms with Gasteiger partial charge >= 0.3 is 0 Å². The summed E-state index contributed by atoms with van der Waals surface area (Å²) in [4.78, 5) is 4.10. The van der Waals surface area contributed by atoms with Gasteiger partial charge in [-0.3, -0.25) is 4.98 Å². The first-order valence-electron chi connectivity index (χ1n) is 5.18. The lowest BCUT2D eigenvalue weighted by atomic mass is 10.1. The zero-order chi connectivity index (χ0) is 11.4. The van der Waals surface area contributed by atoms with Crippen LogP contribution < -0.4 is 11.1 Å². The van der Waals surface area contributed by atoms with E-state index in [0.717, 1.165) is 34.4 Å². The van der Waals surface area contributed by atoms with E-state index in [9.17, 15) is 0 Å². The number of fused-ring (bicyclic) bond motifs is 1. The SMILES string of the molecule is CSCCNc1ccc(N)c2cnccc12. The van der Waals surface area contributed by atoms with Crippen molar-refractivity contribution in [3.05, 3.63) is 30.6 Å². The molecule has 1 aromatic carbocycles. The number of anilines is 2. The van der Waals surface area contributed by atoms with Crippen LogP contribution in [0.5, 0.6) is 0 Å². The first kappa shape index (κ1) is 11.1. The van der Waals surface area contributed by atoms with Crippen LogP contribution in [-0.4, -0.2) is 23.5 Å². The van der Waals surface area contributed by atoms with E-state index in [1.54, 1.807) is 6.20 Å². The Morgan fingerprint density at radius 2 is 2.19 bits per heavy atom. The molecule has 16 heavy (non-hydrogen) atoms. The van der Waals surface area contributed by atoms with Gasteiger partial charge in [0.15, 0.2) is 0 Å². The van der Waals surface area contributed by atoms with Gasteiger partial charge in [0.25, 0.3) is 0 Å². The molecule has 2 rings (SSSR count). The zero-order valence-corrected chi connectivity index (χ0v) is 10.1. The van der Waals surface area contributed by atoms with Gasteiger partial charge in [0.05, 0.1) is 0 Å². The van der Waals surface area contributed by atoms with E-state index in [2.05, 4.69) is 16.6 Å². The van der Waals surface area contributed by atoms with Crippen molar-refractivity contribution in [1.82, 2.24) is 4.98 Å². The molecule has 0 aliphatic carbocycles. The number of nitrogens with two attached hydrogens (primary N) is 1. The third-order valence-electron chi connectivity index (χ3n) is 2.47. The topological polar surface area (TPSA) is 50.9 Å². The molecule has 0 aliphatic heterocycles. The molecule has 0 amide bonds. The second kappa shape index (κ2) is 5.07. The van der Waals surface area contributed by atoms with Crippen molar-refractivity contribution in [3.8, 4) is 0 Å². The molecule has 0 saturated carbocycles. The maximum atomic E-state index is 5.91. The third-order valence-corrected chi connectivity index (χ3v) is 3.09. The molecule has 1 heterocycles. The number of rotatable bonds is 4. The summed E-state index contributed by atoms with van der Waals surface area (Å²) in [6.45, 7) is 0.961. The van der Waals surface area contributed by atoms with Gasteiger partial charge in [0, 0.05) is 46.8 Å². The van der Waals surface area contributed by atoms with Crippen molar-refractivity contribution in [1.29, 1.82) is 0 Å². The monoisotopic (exact) mass is 233 g/mol. The van der Waals surface area contributed by atoms with E-state index in [4.69, 9.17) is 5.73 Å². The number of pyridine rings is 1. The Morgan fingerprint density at radius 1 is 1.31 bits per heavy atom. The van der Waals surface area contributed by atoms with Crippen molar-refractivity contribution in [3.63, 3.8) is 0 Å². The van der Waals surface area contributed by atoms with Crippen molar-refractivity contribution >= 4 is 33.9 Å². The minimum absolute atomic E-state index is 0.776. The third kappa shape index (κ3) is 2.22. The van der Waals surface area contributed by atoms with Crippen LogP contribution in [0.25, 0.3) is 10.8 Å². The second-order valence-electron chi connectivity index (χ2n) is 3.54. The Morgan fingerprint density at radius 3 is 3.00 bits per heavy atom. The molecule has 0 bridgehead atoms. The molecule has 0 atom stereocenters. The van der Waals surface area contributed by atoms with Crippen molar-refractivity contribution in [2.24, 2.45) is 0 Å². The predicted octanol–water partition coefficient (Wildman–Crippen LogP) is 2.59. The molecule has 4 heteroatoms. The van der Waals surface area contributed by atoms with Gasteiger partial charge in [0.1, 0.15) is 0 Å². The lowest BCUT2D eigenvalue weighted by Crippen LogP contribution is -2.04. The molecule has 0 spiro atoms. The Balaban J connectivity index is 2.35. The first-order chi connectivity index (χ1) is 7.83. The lowest BCUT2D eigenvalue weighted by molar-refractivity contribution is 1.24. The van der Waals surface area contributed by atoms with Crippen LogP contribution in [0.4, 0.5) is 11.4 Å². The summed E-state index contributed by atoms with van der Waals surface area (Å²) in [5.41, 5.74) is 7.81. The number of hydrogen-bond donors (Lipinski definition) is 2. The second-order valence-corrected chi connectivity index (χ2v) is 4.53. The van der Waals surface area contributed by atoms with Crippen LogP contribution in [0.15, 0.2) is 30.6 Å². The summed E-state index contributed by atoms with van der Waals surface area (Å²) in [6.07, 6.45) is 5.71. The Labute approximate surface area is 99.4 Å². The van der Waals surface area contributed by atoms with E-state index in [0.29, 0.717) is 0 Å². The van der Waals surface area contributed by atoms with E-state index in [1.165, 1.54) is 0 Å². The highest BCUT2D eigenvalue weighted by Crippen LogP contribution is 2.27. The van der Waals surface area contributed by atoms with Crippen LogP contribution in [0.3, 0.4) is 0 Å². The van der Waals surface area contributed by atoms with Crippen LogP contribution in [-0.2, 0) is 0 Å². The normalized spacial score (nSPS) is 10.6. The molecular formula is C12H15N3S. The molecule has 0 saturated heterocycles. The number of nitrogens with zero attached hydrogens (tertiary/aromatic N) is 1. The quantitative estimate of drug-likeness (QED) is 0.629. The summed E-state index contributed by atoms with van der Waals surface area (Å²) in [5, 5.41) is 5.56. The van der Waals surface area contributed by atoms with Crippen molar-refractivity contribution in [2.45, 2.75) is 0 Å². The van der Waals surface area contributed by atoms with Crippen molar-refractivity contribution in [2.75, 3.05) is 29.6 Å². The van der Waals surface area contributed by atoms with Gasteiger partial charge in [-0.15, -0.1) is 0 Å². The maximum Gasteiger partial charge on any atom is 0.0422 e. The number of nitrogens with one attached hydrogen (secondary N) is 1. The van der Waals surface area contributed by atoms with Crippen LogP contribution >= 0.6 is 11.8 Å². The number of aromatic nitrogens is 1. The van der Waals surface area contributed by atoms with Gasteiger partial charge in [-0.05, 0) is 24.5 Å². The molecule has 0 aliphatic rings. The average molecular weight is 233 g/mol. The molecule has 2 aromatic rings. The largest absolute Gasteiger partial charge is 0.398 e. The number of benzene rings is 1. The summed E-state index contributed by atoms with van der Waals surface area (Å²) in [6, 6.07) is 5.94. The molecule has 3 nitrogen and oxygen atoms in total. The summed E-state index contributed by atoms with van der Waals surface area (Å²) in [5.74, 6) is 1.09. The zero-order valence-electron chi connectivity index (χ0n) is 9.23. The van der Waals surface area contributed by atoms with Crippen molar-refractivity contribution < 1.29 is 0 Å². The van der Waals surface area contributed by atoms with E-state index < -0.39 is 0 Å². The van der Waals surface area contributed by atoms with E-state index >= 15 is 0 Å². The Hall–Kier alpha value is -1.42. The number of hydrogen-bond acceptors (Lipinski definition) is 4. The Bertz CT molecular complexity index is 485. The van der Waals surface area contributed by atoms with Gasteiger partial charge in [-0.25, -0.2) is 0 Å². The fraction of sp³-hybridized carbons (Fsp3) is 0.250. The number of nitrogen functional groups attached to an aromatic ring is 1. The lowest BCUT2D eigenvalue weighted by Gasteiger charge is -2.10. The Kier molecular flexibility index (Phi) is 3.51. The summed E-state index contributed by atoms with van der Waals surface area (Å²) >= 11 is 1.83. The van der Waals surface area contributed by atoms with Crippen LogP contribution in [0.1, 0.15) is 0 Å². The smallest absolute Gasteiger partial charge is 0.0422 e. The molecule has 0 radical (unpaired) electrons. The van der Waals surface area contributed by atoms with Gasteiger partial charge < -0.3 is 11.1 Å². The van der Waals surface area contributed by atoms with Gasteiger partial charge in [0.2, 0.25) is 0 Å². The standard InChI is InChI=1S/C12H15N3S/c1-16-7-6-15-12-3-2-11(13)10-8-14-5-4-9(10)12/h2-5,8,15H,6-7,13H2,1H3. The molecular weight excluding hydrogens is 218 g/mol. The van der Waals surface area contributed by atoms with Crippen LogP contribution in [0.2, 0.25) is 0 Å². The molecule has 0 unspecified atom stereocenters. The highest BCUT2D eigenvalue weighted by atomic mass is 32.2. The van der Waals surface area contributed by atoms with Gasteiger partial charge in [-0.2, -0.15) is 11.8 Å². The fourth-order valence-electron chi connectivity index (χ4n) is 1.65. The predicted molar refractivity (Wildman–Crippen MR) is 73.0 cm³/mol. The maximum absolute atomic E-state index is 5.91. The minimum atomic E-state index is 0.776. The van der Waals surface area contributed by atoms with E-state index in [1.807, 2.05) is 36.2 Å². The fourth-order valence-corrected chi connectivity index (χ4v) is 1.96. The highest BCUT2D eigenvalue weighted by Gasteiger charge is 2.02. The summed E-state index contributed by atoms with van der Waals surface area (Å²) < 4.78 is 0. The van der Waals surface area contributed by atoms with Crippen LogP contribution in [0, 0.1) is 0 Å². The molecule has 1 aromatic heterocycles. The molecule has 0 fully saturated rings. The molecule has 84 valence electrons. The average Bonchev–Trinajstić information content (AvgIpc) is 2.33. The molecule has 3 N–H and O–H groups in total. The highest BCUT2D eigenvalue weighted by molar-refractivity contribution is 7.98. The van der Waals surface area contributed by atoms with Gasteiger partial charge in [-0.1, -0.05) is 0 Å². The summed E-state index contributed by atoms with van der Waals surface area (Å²) in [7, 11) is 0. The number of thioether (sulfide) groups is 1.